The molecule has 0 bridgehead atoms. The molecule has 0 aromatic carbocycles. The number of carbonyl (C=O) groups is 5. The van der Waals surface area contributed by atoms with Crippen molar-refractivity contribution in [2.45, 2.75) is 40.2 Å². The second-order valence-electron chi connectivity index (χ2n) is 7.99. The number of primary amides is 1. The molecule has 1 unspecified atom stereocenters. The first-order valence-corrected chi connectivity index (χ1v) is 10.3. The number of nitrogens with two attached hydrogens (primary N) is 1. The van der Waals surface area contributed by atoms with Crippen LogP contribution in [0.25, 0.3) is 0 Å². The van der Waals surface area contributed by atoms with E-state index >= 15 is 0 Å². The minimum atomic E-state index is -4.70. The van der Waals surface area contributed by atoms with E-state index in [-0.39, 0.29) is 6.42 Å². The molecule has 30 heavy (non-hydrogen) atoms. The molecule has 14 heteroatoms. The van der Waals surface area contributed by atoms with E-state index in [0.717, 1.165) is 0 Å². The number of nitrogens with one attached hydrogen (secondary N) is 3. The molecule has 4 amide bonds. The number of amides is 4. The molecule has 0 aliphatic carbocycles. The van der Waals surface area contributed by atoms with E-state index in [4.69, 9.17) is 10.3 Å². The van der Waals surface area contributed by atoms with E-state index < -0.39 is 75.4 Å². The molecule has 0 aromatic rings. The fraction of sp³-hybridized carbons (Fsp3) is 0.688. The first-order valence-electron chi connectivity index (χ1n) is 8.69. The number of hydrogen-bond donors (Lipinski definition) is 6. The van der Waals surface area contributed by atoms with Crippen molar-refractivity contribution in [3.05, 3.63) is 0 Å². The van der Waals surface area contributed by atoms with Gasteiger partial charge in [-0.3, -0.25) is 28.5 Å². The zero-order valence-electron chi connectivity index (χ0n) is 17.1. The Morgan fingerprint density at radius 3 is 1.93 bits per heavy atom. The molecule has 13 nitrogen and oxygen atoms in total. The van der Waals surface area contributed by atoms with Crippen LogP contribution in [0.5, 0.6) is 0 Å². The van der Waals surface area contributed by atoms with Gasteiger partial charge in [-0.15, -0.1) is 0 Å². The zero-order chi connectivity index (χ0) is 23.9. The van der Waals surface area contributed by atoms with Gasteiger partial charge in [-0.1, -0.05) is 13.8 Å². The lowest BCUT2D eigenvalue weighted by molar-refractivity contribution is -0.150. The highest BCUT2D eigenvalue weighted by atomic mass is 32.2. The molecular formula is C16H28N4O9S. The van der Waals surface area contributed by atoms with Gasteiger partial charge in [0.2, 0.25) is 23.6 Å². The summed E-state index contributed by atoms with van der Waals surface area (Å²) < 4.78 is 31.5. The molecular weight excluding hydrogens is 424 g/mol. The summed E-state index contributed by atoms with van der Waals surface area (Å²) in [6.07, 6.45) is -0.142. The second-order valence-corrected chi connectivity index (χ2v) is 9.48. The van der Waals surface area contributed by atoms with Crippen LogP contribution >= 0.6 is 0 Å². The third-order valence-electron chi connectivity index (χ3n) is 3.96. The summed E-state index contributed by atoms with van der Waals surface area (Å²) in [5.74, 6) is -5.88. The van der Waals surface area contributed by atoms with Crippen LogP contribution in [0.3, 0.4) is 0 Å². The summed E-state index contributed by atoms with van der Waals surface area (Å²) in [6, 6.07) is -1.76. The minimum absolute atomic E-state index is 0.142. The number of hydrogen-bond acceptors (Lipinski definition) is 7. The van der Waals surface area contributed by atoms with Crippen molar-refractivity contribution in [3.63, 3.8) is 0 Å². The lowest BCUT2D eigenvalue weighted by atomic mass is 9.74. The maximum absolute atomic E-state index is 12.6. The summed E-state index contributed by atoms with van der Waals surface area (Å²) in [5, 5.41) is 15.5. The van der Waals surface area contributed by atoms with E-state index in [1.165, 1.54) is 27.7 Å². The van der Waals surface area contributed by atoms with Gasteiger partial charge in [-0.05, 0) is 20.3 Å². The average molecular weight is 452 g/mol. The zero-order valence-corrected chi connectivity index (χ0v) is 18.0. The Labute approximate surface area is 173 Å². The van der Waals surface area contributed by atoms with Gasteiger partial charge in [-0.2, -0.15) is 8.42 Å². The van der Waals surface area contributed by atoms with Crippen molar-refractivity contribution in [1.82, 2.24) is 16.0 Å². The van der Waals surface area contributed by atoms with Gasteiger partial charge in [0.05, 0.1) is 18.5 Å². The number of carbonyl (C=O) groups excluding carboxylic acids is 4. The van der Waals surface area contributed by atoms with Crippen molar-refractivity contribution in [2.75, 3.05) is 18.8 Å². The Bertz CT molecular complexity index is 806. The lowest BCUT2D eigenvalue weighted by Crippen LogP contribution is -2.55. The van der Waals surface area contributed by atoms with Gasteiger partial charge in [0.1, 0.15) is 11.8 Å². The monoisotopic (exact) mass is 452 g/mol. The molecule has 0 aliphatic rings. The standard InChI is InChI=1S/C16H28N4O9S/c1-15(2,8-16(3,4)14(25)26)13(24)20-9(7-30(27,28)29)12(23)19-6-11(22)18-5-10(17)21/h9H,5-8H2,1-4H3,(H2,17,21)(H,18,22)(H,19,23)(H,20,24)(H,25,26)(H,27,28,29). The summed E-state index contributed by atoms with van der Waals surface area (Å²) in [6.45, 7) is 4.49. The molecule has 0 heterocycles. The van der Waals surface area contributed by atoms with E-state index in [1.54, 1.807) is 0 Å². The highest BCUT2D eigenvalue weighted by Gasteiger charge is 2.40. The number of carboxylic acids is 1. The van der Waals surface area contributed by atoms with E-state index in [0.29, 0.717) is 0 Å². The topological polar surface area (TPSA) is 222 Å². The Hall–Kier alpha value is -2.74. The third kappa shape index (κ3) is 10.2. The van der Waals surface area contributed by atoms with E-state index in [9.17, 15) is 37.5 Å². The van der Waals surface area contributed by atoms with Gasteiger partial charge in [0.15, 0.2) is 0 Å². The lowest BCUT2D eigenvalue weighted by Gasteiger charge is -2.32. The predicted octanol–water partition coefficient (Wildman–Crippen LogP) is -2.40. The summed E-state index contributed by atoms with van der Waals surface area (Å²) in [5.41, 5.74) is 2.24. The Morgan fingerprint density at radius 1 is 0.967 bits per heavy atom. The van der Waals surface area contributed by atoms with Crippen molar-refractivity contribution in [1.29, 1.82) is 0 Å². The van der Waals surface area contributed by atoms with Crippen LogP contribution in [0, 0.1) is 10.8 Å². The van der Waals surface area contributed by atoms with Crippen molar-refractivity contribution in [2.24, 2.45) is 16.6 Å². The molecule has 172 valence electrons. The van der Waals surface area contributed by atoms with Crippen molar-refractivity contribution < 1.29 is 42.0 Å². The average Bonchev–Trinajstić information content (AvgIpc) is 2.54. The quantitative estimate of drug-likeness (QED) is 0.173. The maximum atomic E-state index is 12.6. The molecule has 0 fully saturated rings. The van der Waals surface area contributed by atoms with Crippen LogP contribution in [0.1, 0.15) is 34.1 Å². The first kappa shape index (κ1) is 27.3. The third-order valence-corrected chi connectivity index (χ3v) is 4.71. The number of aliphatic carboxylic acids is 1. The summed E-state index contributed by atoms with van der Waals surface area (Å²) >= 11 is 0. The fourth-order valence-corrected chi connectivity index (χ4v) is 3.20. The van der Waals surface area contributed by atoms with Crippen LogP contribution in [0.2, 0.25) is 0 Å². The molecule has 0 spiro atoms. The largest absolute Gasteiger partial charge is 0.481 e. The van der Waals surface area contributed by atoms with Crippen LogP contribution in [-0.2, 0) is 34.1 Å². The minimum Gasteiger partial charge on any atom is -0.481 e. The van der Waals surface area contributed by atoms with Crippen molar-refractivity contribution >= 4 is 39.7 Å². The molecule has 0 aromatic heterocycles. The predicted molar refractivity (Wildman–Crippen MR) is 103 cm³/mol. The maximum Gasteiger partial charge on any atom is 0.309 e. The number of rotatable bonds is 12. The Morgan fingerprint density at radius 2 is 1.50 bits per heavy atom. The SMILES string of the molecule is CC(C)(CC(C)(C)C(=O)NC(CS(=O)(=O)O)C(=O)NCC(=O)NCC(N)=O)C(=O)O. The molecule has 0 saturated heterocycles. The second kappa shape index (κ2) is 10.3. The highest BCUT2D eigenvalue weighted by Crippen LogP contribution is 2.34. The van der Waals surface area contributed by atoms with Crippen molar-refractivity contribution in [3.8, 4) is 0 Å². The molecule has 1 atom stereocenters. The van der Waals surface area contributed by atoms with Gasteiger partial charge in [-0.25, -0.2) is 0 Å². The molecule has 0 rings (SSSR count). The van der Waals surface area contributed by atoms with Crippen LogP contribution in [0.4, 0.5) is 0 Å². The van der Waals surface area contributed by atoms with E-state index in [2.05, 4.69) is 16.0 Å². The first-order chi connectivity index (χ1) is 13.4. The molecule has 0 aliphatic heterocycles. The van der Waals surface area contributed by atoms with E-state index in [1.807, 2.05) is 0 Å². The van der Waals surface area contributed by atoms with Crippen LogP contribution in [0.15, 0.2) is 0 Å². The number of carboxylic acid groups (broad SMARTS) is 1. The highest BCUT2D eigenvalue weighted by molar-refractivity contribution is 7.85. The normalized spacial score (nSPS) is 13.1. The van der Waals surface area contributed by atoms with Gasteiger partial charge >= 0.3 is 5.97 Å². The molecule has 7 N–H and O–H groups in total. The Kier molecular flexibility index (Phi) is 9.39. The molecule has 0 radical (unpaired) electrons. The molecule has 0 saturated carbocycles. The van der Waals surface area contributed by atoms with Crippen LogP contribution in [-0.4, -0.2) is 72.6 Å². The summed E-state index contributed by atoms with van der Waals surface area (Å²) in [7, 11) is -4.70. The van der Waals surface area contributed by atoms with Crippen LogP contribution < -0.4 is 21.7 Å². The fourth-order valence-electron chi connectivity index (χ4n) is 2.55. The summed E-state index contributed by atoms with van der Waals surface area (Å²) in [4.78, 5) is 58.3. The smallest absolute Gasteiger partial charge is 0.309 e. The van der Waals surface area contributed by atoms with Gasteiger partial charge in [0.25, 0.3) is 10.1 Å². The van der Waals surface area contributed by atoms with Gasteiger partial charge in [0, 0.05) is 5.41 Å². The van der Waals surface area contributed by atoms with Gasteiger partial charge < -0.3 is 26.8 Å². The Balaban J connectivity index is 5.27.